The Labute approximate surface area is 190 Å². The van der Waals surface area contributed by atoms with E-state index in [4.69, 9.17) is 0 Å². The van der Waals surface area contributed by atoms with Gasteiger partial charge in [0.2, 0.25) is 5.91 Å². The Hall–Kier alpha value is -3.12. The number of hydrogen-bond acceptors (Lipinski definition) is 5. The molecular formula is C26H31N5O. The average molecular weight is 430 g/mol. The molecule has 1 amide bonds. The molecule has 0 N–H and O–H groups in total. The fourth-order valence-corrected chi connectivity index (χ4v) is 4.29. The normalized spacial score (nSPS) is 17.4. The van der Waals surface area contributed by atoms with Crippen molar-refractivity contribution in [3.63, 3.8) is 0 Å². The summed E-state index contributed by atoms with van der Waals surface area (Å²) in [5.74, 6) is 1.07. The lowest BCUT2D eigenvalue weighted by molar-refractivity contribution is -0.134. The van der Waals surface area contributed by atoms with Crippen molar-refractivity contribution in [2.75, 3.05) is 26.2 Å². The van der Waals surface area contributed by atoms with Gasteiger partial charge in [-0.3, -0.25) is 14.7 Å². The van der Waals surface area contributed by atoms with Crippen molar-refractivity contribution in [2.45, 2.75) is 33.2 Å². The van der Waals surface area contributed by atoms with Crippen LogP contribution in [0.4, 0.5) is 0 Å². The first-order chi connectivity index (χ1) is 15.7. The Bertz CT molecular complexity index is 1000. The molecule has 166 valence electrons. The first kappa shape index (κ1) is 22.1. The Balaban J connectivity index is 1.47. The number of benzene rings is 1. The molecule has 6 nitrogen and oxygen atoms in total. The van der Waals surface area contributed by atoms with Crippen molar-refractivity contribution in [2.24, 2.45) is 5.92 Å². The molecular weight excluding hydrogens is 398 g/mol. The molecule has 3 heterocycles. The minimum atomic E-state index is -0.0555. The summed E-state index contributed by atoms with van der Waals surface area (Å²) in [6.07, 6.45) is 9.04. The molecule has 2 aromatic heterocycles. The van der Waals surface area contributed by atoms with Crippen LogP contribution in [0.2, 0.25) is 0 Å². The third-order valence-corrected chi connectivity index (χ3v) is 6.14. The molecule has 1 aliphatic rings. The maximum absolute atomic E-state index is 13.2. The lowest BCUT2D eigenvalue weighted by Crippen LogP contribution is -2.37. The van der Waals surface area contributed by atoms with E-state index >= 15 is 0 Å². The standard InChI is InChI=1S/C26H31N5O/c1-3-25-28-16-21(17-29-25)18-30-13-14-31(4-2)26(32)24(19-30)15-20-5-7-22(8-6-20)23-9-11-27-12-10-23/h5-12,16-17,24H,3-4,13-15,18-19H2,1-2H3/t24-/m1/s1. The second-order valence-electron chi connectivity index (χ2n) is 8.35. The van der Waals surface area contributed by atoms with Crippen molar-refractivity contribution in [1.29, 1.82) is 0 Å². The van der Waals surface area contributed by atoms with Gasteiger partial charge in [0, 0.05) is 69.5 Å². The largest absolute Gasteiger partial charge is 0.341 e. The lowest BCUT2D eigenvalue weighted by atomic mass is 9.95. The van der Waals surface area contributed by atoms with Gasteiger partial charge in [0.05, 0.1) is 5.92 Å². The highest BCUT2D eigenvalue weighted by Gasteiger charge is 2.29. The smallest absolute Gasteiger partial charge is 0.227 e. The lowest BCUT2D eigenvalue weighted by Gasteiger charge is -2.23. The van der Waals surface area contributed by atoms with Crippen molar-refractivity contribution in [3.05, 3.63) is 78.1 Å². The fraction of sp³-hybridized carbons (Fsp3) is 0.385. The predicted molar refractivity (Wildman–Crippen MR) is 126 cm³/mol. The maximum Gasteiger partial charge on any atom is 0.227 e. The molecule has 0 spiro atoms. The first-order valence-corrected chi connectivity index (χ1v) is 11.5. The third-order valence-electron chi connectivity index (χ3n) is 6.14. The van der Waals surface area contributed by atoms with Crippen molar-refractivity contribution in [3.8, 4) is 11.1 Å². The SMILES string of the molecule is CCc1ncc(CN2CCN(CC)C(=O)[C@H](Cc3ccc(-c4ccncc4)cc3)C2)cn1. The summed E-state index contributed by atoms with van der Waals surface area (Å²) in [4.78, 5) is 30.5. The summed E-state index contributed by atoms with van der Waals surface area (Å²) in [5, 5.41) is 0. The number of nitrogens with zero attached hydrogens (tertiary/aromatic N) is 5. The Kier molecular flexibility index (Phi) is 7.22. The number of aromatic nitrogens is 3. The van der Waals surface area contributed by atoms with E-state index in [1.165, 1.54) is 5.56 Å². The van der Waals surface area contributed by atoms with E-state index < -0.39 is 0 Å². The van der Waals surface area contributed by atoms with Crippen molar-refractivity contribution < 1.29 is 4.79 Å². The molecule has 0 bridgehead atoms. The summed E-state index contributed by atoms with van der Waals surface area (Å²) in [5.41, 5.74) is 4.60. The second kappa shape index (κ2) is 10.5. The van der Waals surface area contributed by atoms with E-state index in [1.807, 2.05) is 41.8 Å². The van der Waals surface area contributed by atoms with E-state index in [-0.39, 0.29) is 11.8 Å². The Morgan fingerprint density at radius 1 is 0.906 bits per heavy atom. The van der Waals surface area contributed by atoms with Crippen molar-refractivity contribution >= 4 is 5.91 Å². The van der Waals surface area contributed by atoms with Gasteiger partial charge in [0.1, 0.15) is 5.82 Å². The van der Waals surface area contributed by atoms with E-state index in [2.05, 4.69) is 58.0 Å². The molecule has 3 aromatic rings. The van der Waals surface area contributed by atoms with Gasteiger partial charge in [-0.2, -0.15) is 0 Å². The zero-order valence-electron chi connectivity index (χ0n) is 18.9. The monoisotopic (exact) mass is 429 g/mol. The molecule has 0 unspecified atom stereocenters. The van der Waals surface area contributed by atoms with Crippen LogP contribution < -0.4 is 0 Å². The molecule has 32 heavy (non-hydrogen) atoms. The van der Waals surface area contributed by atoms with Gasteiger partial charge in [0.15, 0.2) is 0 Å². The predicted octanol–water partition coefficient (Wildman–Crippen LogP) is 3.62. The van der Waals surface area contributed by atoms with E-state index in [1.54, 1.807) is 0 Å². The molecule has 1 aliphatic heterocycles. The van der Waals surface area contributed by atoms with Gasteiger partial charge in [-0.05, 0) is 42.2 Å². The van der Waals surface area contributed by atoms with Gasteiger partial charge < -0.3 is 4.90 Å². The number of aryl methyl sites for hydroxylation is 1. The van der Waals surface area contributed by atoms with Gasteiger partial charge in [-0.1, -0.05) is 31.2 Å². The highest BCUT2D eigenvalue weighted by atomic mass is 16.2. The minimum absolute atomic E-state index is 0.0555. The number of rotatable bonds is 7. The molecule has 0 radical (unpaired) electrons. The number of pyridine rings is 1. The molecule has 1 saturated heterocycles. The third kappa shape index (κ3) is 5.37. The Morgan fingerprint density at radius 3 is 2.25 bits per heavy atom. The number of carbonyl (C=O) groups excluding carboxylic acids is 1. The molecule has 6 heteroatoms. The summed E-state index contributed by atoms with van der Waals surface area (Å²) in [7, 11) is 0. The van der Waals surface area contributed by atoms with Gasteiger partial charge in [-0.15, -0.1) is 0 Å². The van der Waals surface area contributed by atoms with Crippen LogP contribution in [0.3, 0.4) is 0 Å². The van der Waals surface area contributed by atoms with E-state index in [9.17, 15) is 4.79 Å². The van der Waals surface area contributed by atoms with Crippen molar-refractivity contribution in [1.82, 2.24) is 24.8 Å². The average Bonchev–Trinajstić information content (AvgIpc) is 2.99. The minimum Gasteiger partial charge on any atom is -0.341 e. The molecule has 0 aliphatic carbocycles. The number of carbonyl (C=O) groups is 1. The van der Waals surface area contributed by atoms with Gasteiger partial charge in [-0.25, -0.2) is 9.97 Å². The summed E-state index contributed by atoms with van der Waals surface area (Å²) in [6.45, 7) is 8.02. The fourth-order valence-electron chi connectivity index (χ4n) is 4.29. The quantitative estimate of drug-likeness (QED) is 0.574. The molecule has 4 rings (SSSR count). The maximum atomic E-state index is 13.2. The first-order valence-electron chi connectivity index (χ1n) is 11.5. The zero-order chi connectivity index (χ0) is 22.3. The number of hydrogen-bond donors (Lipinski definition) is 0. The topological polar surface area (TPSA) is 62.2 Å². The van der Waals surface area contributed by atoms with Crippen LogP contribution >= 0.6 is 0 Å². The van der Waals surface area contributed by atoms with Crippen LogP contribution in [-0.2, 0) is 24.2 Å². The molecule has 0 saturated carbocycles. The Morgan fingerprint density at radius 2 is 1.59 bits per heavy atom. The van der Waals surface area contributed by atoms with Gasteiger partial charge in [0.25, 0.3) is 0 Å². The molecule has 1 atom stereocenters. The van der Waals surface area contributed by atoms with Gasteiger partial charge >= 0.3 is 0 Å². The summed E-state index contributed by atoms with van der Waals surface area (Å²) < 4.78 is 0. The second-order valence-corrected chi connectivity index (χ2v) is 8.35. The molecule has 1 fully saturated rings. The van der Waals surface area contributed by atoms with Crippen LogP contribution in [-0.4, -0.2) is 56.8 Å². The van der Waals surface area contributed by atoms with Crippen LogP contribution in [0, 0.1) is 5.92 Å². The summed E-state index contributed by atoms with van der Waals surface area (Å²) in [6, 6.07) is 12.6. The van der Waals surface area contributed by atoms with Crippen LogP contribution in [0.15, 0.2) is 61.2 Å². The van der Waals surface area contributed by atoms with E-state index in [0.717, 1.165) is 68.1 Å². The van der Waals surface area contributed by atoms with E-state index in [0.29, 0.717) is 0 Å². The molecule has 1 aromatic carbocycles. The van der Waals surface area contributed by atoms with Crippen LogP contribution in [0.1, 0.15) is 30.8 Å². The van der Waals surface area contributed by atoms with Crippen LogP contribution in [0.25, 0.3) is 11.1 Å². The number of likely N-dealkylation sites (N-methyl/N-ethyl adjacent to an activating group) is 1. The highest BCUT2D eigenvalue weighted by molar-refractivity contribution is 5.79. The van der Waals surface area contributed by atoms with Crippen LogP contribution in [0.5, 0.6) is 0 Å². The number of amides is 1. The highest BCUT2D eigenvalue weighted by Crippen LogP contribution is 2.22. The zero-order valence-corrected chi connectivity index (χ0v) is 18.9. The summed E-state index contributed by atoms with van der Waals surface area (Å²) >= 11 is 0.